The molecule has 0 atom stereocenters. The Morgan fingerprint density at radius 1 is 1.03 bits per heavy atom. The predicted molar refractivity (Wildman–Crippen MR) is 145 cm³/mol. The monoisotopic (exact) mass is 569 g/mol. The summed E-state index contributed by atoms with van der Waals surface area (Å²) in [5.41, 5.74) is 1.51. The third kappa shape index (κ3) is 6.02. The molecule has 1 aliphatic rings. The number of nitro benzene ring substituents is 1. The van der Waals surface area contributed by atoms with Crippen LogP contribution in [-0.4, -0.2) is 29.4 Å². The van der Waals surface area contributed by atoms with Gasteiger partial charge in [-0.3, -0.25) is 25.0 Å². The van der Waals surface area contributed by atoms with E-state index in [2.05, 4.69) is 5.32 Å². The second-order valence-electron chi connectivity index (χ2n) is 8.36. The first-order chi connectivity index (χ1) is 18.6. The molecule has 3 aromatic rings. The first-order valence-corrected chi connectivity index (χ1v) is 12.3. The van der Waals surface area contributed by atoms with E-state index in [0.717, 1.165) is 4.90 Å². The van der Waals surface area contributed by atoms with Gasteiger partial charge in [-0.15, -0.1) is 0 Å². The topological polar surface area (TPSA) is 128 Å². The van der Waals surface area contributed by atoms with Crippen LogP contribution in [0, 0.1) is 17.0 Å². The van der Waals surface area contributed by atoms with E-state index < -0.39 is 22.8 Å². The summed E-state index contributed by atoms with van der Waals surface area (Å²) >= 11 is 12.6. The lowest BCUT2D eigenvalue weighted by molar-refractivity contribution is -0.384. The number of urea groups is 1. The van der Waals surface area contributed by atoms with Gasteiger partial charge in [0.25, 0.3) is 17.5 Å². The van der Waals surface area contributed by atoms with Crippen molar-refractivity contribution in [3.63, 3.8) is 0 Å². The van der Waals surface area contributed by atoms with Gasteiger partial charge in [0.15, 0.2) is 11.5 Å². The molecule has 1 N–H and O–H groups in total. The molecule has 1 fully saturated rings. The standard InChI is InChI=1S/C27H21Cl2N3O7/c1-3-38-23-12-17(11-21(29)24(23)39-14-16-5-8-19(9-6-16)32(36)37)10-20-25(33)30-27(35)31(26(20)34)22-13-18(28)7-4-15(22)2/h4-13H,3,14H2,1-2H3,(H,30,33,35)/b20-10+. The van der Waals surface area contributed by atoms with Gasteiger partial charge in [-0.2, -0.15) is 0 Å². The maximum Gasteiger partial charge on any atom is 0.335 e. The molecule has 4 amide bonds. The van der Waals surface area contributed by atoms with E-state index >= 15 is 0 Å². The number of anilines is 1. The van der Waals surface area contributed by atoms with Crippen molar-refractivity contribution in [2.24, 2.45) is 0 Å². The molecule has 39 heavy (non-hydrogen) atoms. The predicted octanol–water partition coefficient (Wildman–Crippen LogP) is 5.85. The second-order valence-corrected chi connectivity index (χ2v) is 9.21. The van der Waals surface area contributed by atoms with Crippen LogP contribution in [0.4, 0.5) is 16.2 Å². The molecule has 4 rings (SSSR count). The quantitative estimate of drug-likeness (QED) is 0.156. The molecule has 0 bridgehead atoms. The lowest BCUT2D eigenvalue weighted by atomic mass is 10.1. The second kappa shape index (κ2) is 11.5. The number of carbonyl (C=O) groups is 3. The highest BCUT2D eigenvalue weighted by molar-refractivity contribution is 6.40. The van der Waals surface area contributed by atoms with Crippen LogP contribution in [0.25, 0.3) is 6.08 Å². The van der Waals surface area contributed by atoms with Gasteiger partial charge in [0.05, 0.1) is 22.2 Å². The summed E-state index contributed by atoms with van der Waals surface area (Å²) in [6.45, 7) is 3.78. The van der Waals surface area contributed by atoms with Crippen LogP contribution in [0.15, 0.2) is 60.2 Å². The number of non-ortho nitro benzene ring substituents is 1. The molecule has 200 valence electrons. The lowest BCUT2D eigenvalue weighted by Gasteiger charge is -2.27. The van der Waals surface area contributed by atoms with Gasteiger partial charge in [-0.05, 0) is 73.0 Å². The fourth-order valence-electron chi connectivity index (χ4n) is 3.81. The largest absolute Gasteiger partial charge is 0.490 e. The van der Waals surface area contributed by atoms with Crippen molar-refractivity contribution in [2.75, 3.05) is 11.5 Å². The van der Waals surface area contributed by atoms with Crippen molar-refractivity contribution in [2.45, 2.75) is 20.5 Å². The van der Waals surface area contributed by atoms with Gasteiger partial charge < -0.3 is 9.47 Å². The van der Waals surface area contributed by atoms with Crippen molar-refractivity contribution in [3.05, 3.63) is 97.0 Å². The number of ether oxygens (including phenoxy) is 2. The van der Waals surface area contributed by atoms with E-state index in [1.165, 1.54) is 30.3 Å². The van der Waals surface area contributed by atoms with Gasteiger partial charge in [0.2, 0.25) is 0 Å². The van der Waals surface area contributed by atoms with E-state index in [0.29, 0.717) is 21.7 Å². The van der Waals surface area contributed by atoms with Crippen LogP contribution in [-0.2, 0) is 16.2 Å². The van der Waals surface area contributed by atoms with Gasteiger partial charge in [0, 0.05) is 17.2 Å². The Morgan fingerprint density at radius 2 is 1.74 bits per heavy atom. The van der Waals surface area contributed by atoms with Crippen LogP contribution in [0.3, 0.4) is 0 Å². The van der Waals surface area contributed by atoms with Crippen molar-refractivity contribution in [3.8, 4) is 11.5 Å². The number of nitrogens with zero attached hydrogens (tertiary/aromatic N) is 2. The molecule has 10 nitrogen and oxygen atoms in total. The van der Waals surface area contributed by atoms with Crippen LogP contribution in [0.5, 0.6) is 11.5 Å². The molecule has 12 heteroatoms. The van der Waals surface area contributed by atoms with Crippen molar-refractivity contribution >= 4 is 58.5 Å². The Hall–Kier alpha value is -4.41. The zero-order valence-electron chi connectivity index (χ0n) is 20.7. The molecule has 1 heterocycles. The number of carbonyl (C=O) groups excluding carboxylic acids is 3. The molecule has 0 spiro atoms. The first-order valence-electron chi connectivity index (χ1n) is 11.6. The third-order valence-electron chi connectivity index (χ3n) is 5.69. The average Bonchev–Trinajstić information content (AvgIpc) is 2.88. The highest BCUT2D eigenvalue weighted by Gasteiger charge is 2.37. The Bertz CT molecular complexity index is 1520. The molecule has 1 saturated heterocycles. The van der Waals surface area contributed by atoms with Crippen LogP contribution < -0.4 is 19.7 Å². The summed E-state index contributed by atoms with van der Waals surface area (Å²) in [4.78, 5) is 49.7. The number of amides is 4. The van der Waals surface area contributed by atoms with Gasteiger partial charge in [-0.1, -0.05) is 29.3 Å². The maximum absolute atomic E-state index is 13.3. The number of benzene rings is 3. The fraction of sp³-hybridized carbons (Fsp3) is 0.148. The number of hydrogen-bond acceptors (Lipinski definition) is 7. The zero-order valence-corrected chi connectivity index (χ0v) is 22.2. The van der Waals surface area contributed by atoms with Crippen molar-refractivity contribution in [1.82, 2.24) is 5.32 Å². The number of imide groups is 2. The minimum absolute atomic E-state index is 0.0451. The molecule has 0 unspecified atom stereocenters. The molecule has 0 saturated carbocycles. The number of barbiturate groups is 1. The summed E-state index contributed by atoms with van der Waals surface area (Å²) in [5.74, 6) is -1.24. The average molecular weight is 570 g/mol. The summed E-state index contributed by atoms with van der Waals surface area (Å²) < 4.78 is 11.5. The summed E-state index contributed by atoms with van der Waals surface area (Å²) in [6, 6.07) is 12.7. The molecule has 0 aromatic heterocycles. The van der Waals surface area contributed by atoms with Crippen LogP contribution in [0.2, 0.25) is 10.0 Å². The Labute approximate surface area is 232 Å². The first kappa shape index (κ1) is 27.6. The molecular formula is C27H21Cl2N3O7. The molecule has 0 aliphatic carbocycles. The molecule has 0 radical (unpaired) electrons. The van der Waals surface area contributed by atoms with E-state index in [1.54, 1.807) is 44.2 Å². The van der Waals surface area contributed by atoms with E-state index in [4.69, 9.17) is 32.7 Å². The highest BCUT2D eigenvalue weighted by Crippen LogP contribution is 2.38. The SMILES string of the molecule is CCOc1cc(/C=C2\C(=O)NC(=O)N(c3cc(Cl)ccc3C)C2=O)cc(Cl)c1OCc1ccc([N+](=O)[O-])cc1. The molecule has 1 aliphatic heterocycles. The normalized spacial score (nSPS) is 14.4. The fourth-order valence-corrected chi connectivity index (χ4v) is 4.25. The zero-order chi connectivity index (χ0) is 28.3. The Balaban J connectivity index is 1.65. The van der Waals surface area contributed by atoms with E-state index in [9.17, 15) is 24.5 Å². The minimum Gasteiger partial charge on any atom is -0.490 e. The minimum atomic E-state index is -0.893. The van der Waals surface area contributed by atoms with E-state index in [-0.39, 0.29) is 46.7 Å². The summed E-state index contributed by atoms with van der Waals surface area (Å²) in [6.07, 6.45) is 1.30. The number of hydrogen-bond donors (Lipinski definition) is 1. The highest BCUT2D eigenvalue weighted by atomic mass is 35.5. The van der Waals surface area contributed by atoms with Crippen molar-refractivity contribution in [1.29, 1.82) is 0 Å². The smallest absolute Gasteiger partial charge is 0.335 e. The molecular weight excluding hydrogens is 549 g/mol. The maximum atomic E-state index is 13.3. The van der Waals surface area contributed by atoms with Crippen molar-refractivity contribution < 1.29 is 28.8 Å². The Morgan fingerprint density at radius 3 is 2.41 bits per heavy atom. The van der Waals surface area contributed by atoms with Crippen LogP contribution in [0.1, 0.15) is 23.6 Å². The number of rotatable bonds is 8. The number of halogens is 2. The third-order valence-corrected chi connectivity index (χ3v) is 6.20. The Kier molecular flexibility index (Phi) is 8.18. The van der Waals surface area contributed by atoms with Crippen LogP contribution >= 0.6 is 23.2 Å². The number of nitrogens with one attached hydrogen (secondary N) is 1. The summed E-state index contributed by atoms with van der Waals surface area (Å²) in [7, 11) is 0. The van der Waals surface area contributed by atoms with Gasteiger partial charge in [0.1, 0.15) is 12.2 Å². The van der Waals surface area contributed by atoms with E-state index in [1.807, 2.05) is 0 Å². The van der Waals surface area contributed by atoms with Gasteiger partial charge >= 0.3 is 6.03 Å². The lowest BCUT2D eigenvalue weighted by Crippen LogP contribution is -2.54. The number of nitro groups is 1. The molecule has 3 aromatic carbocycles. The van der Waals surface area contributed by atoms with Gasteiger partial charge in [-0.25, -0.2) is 9.69 Å². The summed E-state index contributed by atoms with van der Waals surface area (Å²) in [5, 5.41) is 13.5. The number of aryl methyl sites for hydroxylation is 1.